The van der Waals surface area contributed by atoms with Gasteiger partial charge in [0.15, 0.2) is 0 Å². The van der Waals surface area contributed by atoms with Crippen LogP contribution in [0, 0.1) is 23.7 Å². The van der Waals surface area contributed by atoms with E-state index in [9.17, 15) is 0 Å². The van der Waals surface area contributed by atoms with Gasteiger partial charge in [0.05, 0.1) is 0 Å². The average Bonchev–Trinajstić information content (AvgIpc) is 3.25. The van der Waals surface area contributed by atoms with Gasteiger partial charge in [0.2, 0.25) is 0 Å². The van der Waals surface area contributed by atoms with Crippen LogP contribution in [-0.4, -0.2) is 19.6 Å². The molecule has 0 saturated heterocycles. The first kappa shape index (κ1) is 14.3. The zero-order valence-corrected chi connectivity index (χ0v) is 12.2. The molecule has 2 aliphatic rings. The van der Waals surface area contributed by atoms with Crippen LogP contribution in [0.3, 0.4) is 0 Å². The molecule has 1 unspecified atom stereocenters. The Labute approximate surface area is 113 Å². The van der Waals surface area contributed by atoms with Gasteiger partial charge in [-0.1, -0.05) is 13.3 Å². The lowest BCUT2D eigenvalue weighted by atomic mass is 9.96. The highest BCUT2D eigenvalue weighted by atomic mass is 14.9. The predicted molar refractivity (Wildman–Crippen MR) is 78.5 cm³/mol. The fourth-order valence-corrected chi connectivity index (χ4v) is 3.34. The minimum absolute atomic E-state index is 0.859. The summed E-state index contributed by atoms with van der Waals surface area (Å²) in [7, 11) is 0. The van der Waals surface area contributed by atoms with E-state index in [4.69, 9.17) is 5.73 Å². The maximum Gasteiger partial charge on any atom is -0.00152 e. The molecule has 18 heavy (non-hydrogen) atoms. The van der Waals surface area contributed by atoms with Crippen molar-refractivity contribution in [3.8, 4) is 0 Å². The maximum atomic E-state index is 5.64. The van der Waals surface area contributed by atoms with Crippen LogP contribution in [0.2, 0.25) is 0 Å². The van der Waals surface area contributed by atoms with Gasteiger partial charge in [-0.3, -0.25) is 0 Å². The smallest absolute Gasteiger partial charge is 0.00152 e. The Hall–Kier alpha value is -0.0800. The van der Waals surface area contributed by atoms with Gasteiger partial charge < -0.3 is 11.1 Å². The van der Waals surface area contributed by atoms with Crippen molar-refractivity contribution in [2.75, 3.05) is 19.6 Å². The standard InChI is InChI=1S/C16H32N2/c1-2-13(9-10-17)4-3-11-18-12-16(14-5-6-14)15-7-8-15/h13-16,18H,2-12,17H2,1H3. The van der Waals surface area contributed by atoms with E-state index in [1.807, 2.05) is 0 Å². The van der Waals surface area contributed by atoms with Gasteiger partial charge in [0.1, 0.15) is 0 Å². The van der Waals surface area contributed by atoms with E-state index in [1.165, 1.54) is 64.5 Å². The van der Waals surface area contributed by atoms with Gasteiger partial charge in [-0.2, -0.15) is 0 Å². The molecule has 2 fully saturated rings. The van der Waals surface area contributed by atoms with Crippen LogP contribution in [0.15, 0.2) is 0 Å². The largest absolute Gasteiger partial charge is 0.330 e. The van der Waals surface area contributed by atoms with Crippen LogP contribution < -0.4 is 11.1 Å². The zero-order chi connectivity index (χ0) is 12.8. The van der Waals surface area contributed by atoms with Crippen LogP contribution >= 0.6 is 0 Å². The molecule has 2 saturated carbocycles. The van der Waals surface area contributed by atoms with Gasteiger partial charge in [-0.25, -0.2) is 0 Å². The molecular weight excluding hydrogens is 220 g/mol. The minimum atomic E-state index is 0.859. The third kappa shape index (κ3) is 4.89. The molecule has 0 aromatic rings. The van der Waals surface area contributed by atoms with Gasteiger partial charge in [-0.15, -0.1) is 0 Å². The molecule has 2 aliphatic carbocycles. The number of nitrogens with two attached hydrogens (primary N) is 1. The van der Waals surface area contributed by atoms with Crippen LogP contribution in [0.25, 0.3) is 0 Å². The summed E-state index contributed by atoms with van der Waals surface area (Å²) in [4.78, 5) is 0. The van der Waals surface area contributed by atoms with Gasteiger partial charge in [-0.05, 0) is 88.3 Å². The highest BCUT2D eigenvalue weighted by Gasteiger charge is 2.40. The van der Waals surface area contributed by atoms with Gasteiger partial charge in [0, 0.05) is 0 Å². The summed E-state index contributed by atoms with van der Waals surface area (Å²) < 4.78 is 0. The molecule has 0 amide bonds. The molecule has 0 aromatic carbocycles. The fraction of sp³-hybridized carbons (Fsp3) is 1.00. The Kier molecular flexibility index (Phi) is 5.97. The Balaban J connectivity index is 1.49. The molecule has 2 rings (SSSR count). The van der Waals surface area contributed by atoms with Crippen LogP contribution in [0.1, 0.15) is 58.3 Å². The molecule has 0 aliphatic heterocycles. The number of nitrogens with one attached hydrogen (secondary N) is 1. The molecule has 0 radical (unpaired) electrons. The summed E-state index contributed by atoms with van der Waals surface area (Å²) in [5.41, 5.74) is 5.64. The molecule has 2 nitrogen and oxygen atoms in total. The monoisotopic (exact) mass is 252 g/mol. The summed E-state index contributed by atoms with van der Waals surface area (Å²) in [5.74, 6) is 4.06. The molecule has 106 valence electrons. The molecule has 2 heteroatoms. The Bertz CT molecular complexity index is 209. The maximum absolute atomic E-state index is 5.64. The second-order valence-electron chi connectivity index (χ2n) is 6.54. The van der Waals surface area contributed by atoms with Crippen molar-refractivity contribution < 1.29 is 0 Å². The predicted octanol–water partition coefficient (Wildman–Crippen LogP) is 3.17. The Morgan fingerprint density at radius 3 is 2.28 bits per heavy atom. The zero-order valence-electron chi connectivity index (χ0n) is 12.2. The van der Waals surface area contributed by atoms with Crippen molar-refractivity contribution in [2.45, 2.75) is 58.3 Å². The van der Waals surface area contributed by atoms with Crippen molar-refractivity contribution in [3.05, 3.63) is 0 Å². The van der Waals surface area contributed by atoms with E-state index in [0.717, 1.165) is 30.2 Å². The van der Waals surface area contributed by atoms with E-state index in [0.29, 0.717) is 0 Å². The lowest BCUT2D eigenvalue weighted by Gasteiger charge is -2.17. The fourth-order valence-electron chi connectivity index (χ4n) is 3.34. The SMILES string of the molecule is CCC(CCN)CCCNCC(C1CC1)C1CC1. The third-order valence-corrected chi connectivity index (χ3v) is 4.95. The quantitative estimate of drug-likeness (QED) is 0.554. The van der Waals surface area contributed by atoms with E-state index in [-0.39, 0.29) is 0 Å². The molecule has 0 aromatic heterocycles. The van der Waals surface area contributed by atoms with E-state index in [1.54, 1.807) is 0 Å². The lowest BCUT2D eigenvalue weighted by Crippen LogP contribution is -2.26. The van der Waals surface area contributed by atoms with Crippen molar-refractivity contribution in [3.63, 3.8) is 0 Å². The van der Waals surface area contributed by atoms with E-state index in [2.05, 4.69) is 12.2 Å². The highest BCUT2D eigenvalue weighted by molar-refractivity contribution is 4.92. The van der Waals surface area contributed by atoms with Crippen LogP contribution in [-0.2, 0) is 0 Å². The summed E-state index contributed by atoms with van der Waals surface area (Å²) in [5, 5.41) is 3.72. The van der Waals surface area contributed by atoms with E-state index < -0.39 is 0 Å². The third-order valence-electron chi connectivity index (χ3n) is 4.95. The topological polar surface area (TPSA) is 38.0 Å². The number of rotatable bonds is 11. The number of hydrogen-bond acceptors (Lipinski definition) is 2. The van der Waals surface area contributed by atoms with Gasteiger partial charge in [0.25, 0.3) is 0 Å². The first-order valence-electron chi connectivity index (χ1n) is 8.26. The van der Waals surface area contributed by atoms with Crippen molar-refractivity contribution >= 4 is 0 Å². The summed E-state index contributed by atoms with van der Waals surface area (Å²) in [6.45, 7) is 5.67. The molecule has 0 bridgehead atoms. The second-order valence-corrected chi connectivity index (χ2v) is 6.54. The molecular formula is C16H32N2. The van der Waals surface area contributed by atoms with Crippen LogP contribution in [0.5, 0.6) is 0 Å². The first-order chi connectivity index (χ1) is 8.85. The van der Waals surface area contributed by atoms with Crippen molar-refractivity contribution in [1.29, 1.82) is 0 Å². The van der Waals surface area contributed by atoms with Crippen molar-refractivity contribution in [1.82, 2.24) is 5.32 Å². The van der Waals surface area contributed by atoms with Gasteiger partial charge >= 0.3 is 0 Å². The summed E-state index contributed by atoms with van der Waals surface area (Å²) in [6.07, 6.45) is 11.2. The molecule has 3 N–H and O–H groups in total. The van der Waals surface area contributed by atoms with Crippen molar-refractivity contribution in [2.24, 2.45) is 29.4 Å². The second kappa shape index (κ2) is 7.49. The summed E-state index contributed by atoms with van der Waals surface area (Å²) >= 11 is 0. The normalized spacial score (nSPS) is 21.5. The highest BCUT2D eigenvalue weighted by Crippen LogP contribution is 2.48. The molecule has 0 spiro atoms. The Morgan fingerprint density at radius 2 is 1.78 bits per heavy atom. The Morgan fingerprint density at radius 1 is 1.11 bits per heavy atom. The molecule has 0 heterocycles. The average molecular weight is 252 g/mol. The lowest BCUT2D eigenvalue weighted by molar-refractivity contribution is 0.367. The summed E-state index contributed by atoms with van der Waals surface area (Å²) in [6, 6.07) is 0. The minimum Gasteiger partial charge on any atom is -0.330 e. The first-order valence-corrected chi connectivity index (χ1v) is 8.26. The van der Waals surface area contributed by atoms with Crippen LogP contribution in [0.4, 0.5) is 0 Å². The molecule has 1 atom stereocenters. The number of hydrogen-bond donors (Lipinski definition) is 2. The van der Waals surface area contributed by atoms with E-state index >= 15 is 0 Å².